The quantitative estimate of drug-likeness (QED) is 0.750. The fourth-order valence-electron chi connectivity index (χ4n) is 2.11. The first-order valence-electron chi connectivity index (χ1n) is 5.33. The maximum atomic E-state index is 10.0. The van der Waals surface area contributed by atoms with Crippen LogP contribution < -0.4 is 4.90 Å². The molecule has 0 amide bonds. The van der Waals surface area contributed by atoms with Gasteiger partial charge in [-0.3, -0.25) is 4.98 Å². The van der Waals surface area contributed by atoms with Gasteiger partial charge in [0.25, 0.3) is 0 Å². The van der Waals surface area contributed by atoms with Crippen LogP contribution in [0.15, 0.2) is 12.4 Å². The Morgan fingerprint density at radius 2 is 2.13 bits per heavy atom. The summed E-state index contributed by atoms with van der Waals surface area (Å²) in [6.45, 7) is 5.43. The molecule has 1 saturated heterocycles. The second kappa shape index (κ2) is 3.77. The fraction of sp³-hybridized carbons (Fsp3) is 0.636. The zero-order valence-corrected chi connectivity index (χ0v) is 9.27. The number of hydrogen-bond acceptors (Lipinski definition) is 4. The molecule has 1 aromatic heterocycles. The van der Waals surface area contributed by atoms with Crippen molar-refractivity contribution in [3.63, 3.8) is 0 Å². The van der Waals surface area contributed by atoms with Crippen molar-refractivity contribution in [2.75, 3.05) is 18.0 Å². The van der Waals surface area contributed by atoms with Crippen LogP contribution in [0.4, 0.5) is 5.82 Å². The van der Waals surface area contributed by atoms with E-state index < -0.39 is 5.60 Å². The minimum atomic E-state index is -0.595. The number of aliphatic hydroxyl groups is 1. The van der Waals surface area contributed by atoms with Crippen LogP contribution in [0.25, 0.3) is 0 Å². The van der Waals surface area contributed by atoms with Crippen LogP contribution >= 0.6 is 0 Å². The van der Waals surface area contributed by atoms with Crippen molar-refractivity contribution in [2.45, 2.75) is 32.3 Å². The number of piperidine rings is 1. The normalized spacial score (nSPS) is 26.7. The number of β-amino-alcohol motifs (C(OH)–C–C–N with tert-alkyl or cyclic N) is 1. The smallest absolute Gasteiger partial charge is 0.150 e. The largest absolute Gasteiger partial charge is 0.388 e. The van der Waals surface area contributed by atoms with Crippen LogP contribution in [0.1, 0.15) is 25.5 Å². The molecule has 0 aliphatic carbocycles. The molecule has 0 bridgehead atoms. The van der Waals surface area contributed by atoms with Crippen molar-refractivity contribution < 1.29 is 5.11 Å². The van der Waals surface area contributed by atoms with Crippen LogP contribution in [0.2, 0.25) is 0 Å². The van der Waals surface area contributed by atoms with Crippen LogP contribution in [0.5, 0.6) is 0 Å². The highest BCUT2D eigenvalue weighted by Gasteiger charge is 2.29. The summed E-state index contributed by atoms with van der Waals surface area (Å²) in [6.07, 6.45) is 5.26. The van der Waals surface area contributed by atoms with Crippen molar-refractivity contribution in [2.24, 2.45) is 0 Å². The standard InChI is InChI=1S/C11H17N3O/c1-9-10(13-6-5-12-9)14-7-3-4-11(2,15)8-14/h5-6,15H,3-4,7-8H2,1-2H3. The van der Waals surface area contributed by atoms with Gasteiger partial charge >= 0.3 is 0 Å². The van der Waals surface area contributed by atoms with Crippen LogP contribution in [-0.2, 0) is 0 Å². The molecule has 1 fully saturated rings. The second-order valence-electron chi connectivity index (χ2n) is 4.49. The Bertz CT molecular complexity index is 351. The van der Waals surface area contributed by atoms with E-state index in [0.717, 1.165) is 30.9 Å². The van der Waals surface area contributed by atoms with Gasteiger partial charge in [0.15, 0.2) is 0 Å². The summed E-state index contributed by atoms with van der Waals surface area (Å²) in [4.78, 5) is 10.7. The van der Waals surface area contributed by atoms with Crippen molar-refractivity contribution in [3.05, 3.63) is 18.1 Å². The summed E-state index contributed by atoms with van der Waals surface area (Å²) in [6, 6.07) is 0. The predicted molar refractivity (Wildman–Crippen MR) is 58.8 cm³/mol. The number of nitrogens with zero attached hydrogens (tertiary/aromatic N) is 3. The average molecular weight is 207 g/mol. The molecule has 4 heteroatoms. The Morgan fingerprint density at radius 3 is 2.80 bits per heavy atom. The summed E-state index contributed by atoms with van der Waals surface area (Å²) in [5.74, 6) is 0.900. The monoisotopic (exact) mass is 207 g/mol. The highest BCUT2D eigenvalue weighted by Crippen LogP contribution is 2.25. The minimum absolute atomic E-state index is 0.595. The lowest BCUT2D eigenvalue weighted by atomic mass is 9.95. The van der Waals surface area contributed by atoms with E-state index in [4.69, 9.17) is 0 Å². The van der Waals surface area contributed by atoms with E-state index in [0.29, 0.717) is 6.54 Å². The van der Waals surface area contributed by atoms with Gasteiger partial charge in [0.2, 0.25) is 0 Å². The first kappa shape index (κ1) is 10.4. The molecule has 1 aromatic rings. The van der Waals surface area contributed by atoms with Crippen molar-refractivity contribution in [1.82, 2.24) is 9.97 Å². The number of aryl methyl sites for hydroxylation is 1. The van der Waals surface area contributed by atoms with E-state index in [1.54, 1.807) is 12.4 Å². The summed E-state index contributed by atoms with van der Waals surface area (Å²) < 4.78 is 0. The Hall–Kier alpha value is -1.16. The third kappa shape index (κ3) is 2.26. The molecule has 1 atom stereocenters. The summed E-state index contributed by atoms with van der Waals surface area (Å²) in [7, 11) is 0. The molecule has 1 N–H and O–H groups in total. The number of aromatic nitrogens is 2. The molecule has 2 rings (SSSR count). The summed E-state index contributed by atoms with van der Waals surface area (Å²) in [5.41, 5.74) is 0.331. The highest BCUT2D eigenvalue weighted by molar-refractivity contribution is 5.43. The highest BCUT2D eigenvalue weighted by atomic mass is 16.3. The molecule has 15 heavy (non-hydrogen) atoms. The Balaban J connectivity index is 2.21. The summed E-state index contributed by atoms with van der Waals surface area (Å²) in [5, 5.41) is 10.0. The molecule has 1 unspecified atom stereocenters. The third-order valence-electron chi connectivity index (χ3n) is 2.83. The van der Waals surface area contributed by atoms with Crippen molar-refractivity contribution >= 4 is 5.82 Å². The molecular weight excluding hydrogens is 190 g/mol. The van der Waals surface area contributed by atoms with Gasteiger partial charge in [-0.2, -0.15) is 0 Å². The van der Waals surface area contributed by atoms with E-state index in [-0.39, 0.29) is 0 Å². The predicted octanol–water partition coefficient (Wildman–Crippen LogP) is 1.14. The van der Waals surface area contributed by atoms with E-state index in [9.17, 15) is 5.11 Å². The molecule has 2 heterocycles. The molecule has 1 aliphatic heterocycles. The molecule has 0 aromatic carbocycles. The molecule has 0 radical (unpaired) electrons. The third-order valence-corrected chi connectivity index (χ3v) is 2.83. The lowest BCUT2D eigenvalue weighted by Crippen LogP contribution is -2.46. The molecule has 1 aliphatic rings. The van der Waals surface area contributed by atoms with E-state index in [1.165, 1.54) is 0 Å². The molecule has 82 valence electrons. The van der Waals surface area contributed by atoms with Gasteiger partial charge in [0.1, 0.15) is 5.82 Å². The zero-order valence-electron chi connectivity index (χ0n) is 9.27. The van der Waals surface area contributed by atoms with Gasteiger partial charge in [0, 0.05) is 25.5 Å². The van der Waals surface area contributed by atoms with E-state index in [2.05, 4.69) is 14.9 Å². The first-order valence-corrected chi connectivity index (χ1v) is 5.33. The van der Waals surface area contributed by atoms with Gasteiger partial charge in [-0.05, 0) is 26.7 Å². The molecule has 4 nitrogen and oxygen atoms in total. The maximum Gasteiger partial charge on any atom is 0.150 e. The number of anilines is 1. The van der Waals surface area contributed by atoms with Crippen molar-refractivity contribution in [3.8, 4) is 0 Å². The van der Waals surface area contributed by atoms with Crippen LogP contribution in [0, 0.1) is 6.92 Å². The van der Waals surface area contributed by atoms with E-state index >= 15 is 0 Å². The lowest BCUT2D eigenvalue weighted by molar-refractivity contribution is 0.0446. The van der Waals surface area contributed by atoms with Crippen LogP contribution in [0.3, 0.4) is 0 Å². The van der Waals surface area contributed by atoms with Gasteiger partial charge in [-0.15, -0.1) is 0 Å². The first-order chi connectivity index (χ1) is 7.08. The van der Waals surface area contributed by atoms with Gasteiger partial charge in [-0.1, -0.05) is 0 Å². The van der Waals surface area contributed by atoms with Gasteiger partial charge in [-0.25, -0.2) is 4.98 Å². The zero-order chi connectivity index (χ0) is 10.9. The topological polar surface area (TPSA) is 49.2 Å². The minimum Gasteiger partial charge on any atom is -0.388 e. The van der Waals surface area contributed by atoms with Gasteiger partial charge < -0.3 is 10.0 Å². The number of rotatable bonds is 1. The Morgan fingerprint density at radius 1 is 1.40 bits per heavy atom. The Kier molecular flexibility index (Phi) is 2.61. The van der Waals surface area contributed by atoms with E-state index in [1.807, 2.05) is 13.8 Å². The lowest BCUT2D eigenvalue weighted by Gasteiger charge is -2.37. The molecule has 0 spiro atoms. The number of hydrogen-bond donors (Lipinski definition) is 1. The van der Waals surface area contributed by atoms with Crippen LogP contribution in [-0.4, -0.2) is 33.8 Å². The molecular formula is C11H17N3O. The molecule has 0 saturated carbocycles. The SMILES string of the molecule is Cc1nccnc1N1CCCC(C)(O)C1. The second-order valence-corrected chi connectivity index (χ2v) is 4.49. The average Bonchev–Trinajstić information content (AvgIpc) is 2.17. The van der Waals surface area contributed by atoms with Gasteiger partial charge in [0.05, 0.1) is 11.3 Å². The summed E-state index contributed by atoms with van der Waals surface area (Å²) >= 11 is 0. The van der Waals surface area contributed by atoms with Crippen molar-refractivity contribution in [1.29, 1.82) is 0 Å². The Labute approximate surface area is 90.0 Å². The fourth-order valence-corrected chi connectivity index (χ4v) is 2.11. The maximum absolute atomic E-state index is 10.0.